The maximum Gasteiger partial charge on any atom is 0.226 e. The van der Waals surface area contributed by atoms with Crippen molar-refractivity contribution in [2.75, 3.05) is 5.32 Å². The molecule has 3 nitrogen and oxygen atoms in total. The highest BCUT2D eigenvalue weighted by Gasteiger charge is 2.31. The standard InChI is InChI=1S/C14H19BrN2O/c1-10-6-11(15)8-12(7-10)17-13(18)9-14(16)4-2-3-5-14/h6-8H,2-5,9,16H2,1H3,(H,17,18). The number of carbonyl (C=O) groups is 1. The van der Waals surface area contributed by atoms with Crippen LogP contribution >= 0.6 is 15.9 Å². The molecule has 0 saturated heterocycles. The van der Waals surface area contributed by atoms with Gasteiger partial charge < -0.3 is 11.1 Å². The van der Waals surface area contributed by atoms with Crippen LogP contribution in [0.2, 0.25) is 0 Å². The molecule has 0 atom stereocenters. The van der Waals surface area contributed by atoms with Gasteiger partial charge in [-0.25, -0.2) is 0 Å². The number of benzene rings is 1. The first-order valence-corrected chi connectivity index (χ1v) is 7.12. The number of rotatable bonds is 3. The molecule has 0 radical (unpaired) electrons. The van der Waals surface area contributed by atoms with Crippen LogP contribution in [0.25, 0.3) is 0 Å². The van der Waals surface area contributed by atoms with Gasteiger partial charge in [0, 0.05) is 22.1 Å². The van der Waals surface area contributed by atoms with Gasteiger partial charge in [-0.1, -0.05) is 28.8 Å². The minimum Gasteiger partial charge on any atom is -0.326 e. The third-order valence-electron chi connectivity index (χ3n) is 3.44. The summed E-state index contributed by atoms with van der Waals surface area (Å²) < 4.78 is 0.973. The van der Waals surface area contributed by atoms with E-state index in [0.717, 1.165) is 41.4 Å². The van der Waals surface area contributed by atoms with Gasteiger partial charge in [-0.15, -0.1) is 0 Å². The highest BCUT2D eigenvalue weighted by atomic mass is 79.9. The lowest BCUT2D eigenvalue weighted by Crippen LogP contribution is -2.40. The summed E-state index contributed by atoms with van der Waals surface area (Å²) in [5.41, 5.74) is 7.86. The second kappa shape index (κ2) is 5.41. The summed E-state index contributed by atoms with van der Waals surface area (Å²) >= 11 is 3.43. The average Bonchev–Trinajstić information content (AvgIpc) is 2.62. The maximum absolute atomic E-state index is 12.0. The van der Waals surface area contributed by atoms with Crippen molar-refractivity contribution < 1.29 is 4.79 Å². The lowest BCUT2D eigenvalue weighted by atomic mass is 9.94. The number of anilines is 1. The SMILES string of the molecule is Cc1cc(Br)cc(NC(=O)CC2(N)CCCC2)c1. The Morgan fingerprint density at radius 1 is 1.39 bits per heavy atom. The molecule has 0 aromatic heterocycles. The molecule has 98 valence electrons. The van der Waals surface area contributed by atoms with Crippen molar-refractivity contribution >= 4 is 27.5 Å². The van der Waals surface area contributed by atoms with E-state index in [0.29, 0.717) is 6.42 Å². The van der Waals surface area contributed by atoms with E-state index in [1.807, 2.05) is 25.1 Å². The first kappa shape index (κ1) is 13.6. The Kier molecular flexibility index (Phi) is 4.07. The summed E-state index contributed by atoms with van der Waals surface area (Å²) in [6.45, 7) is 2.00. The number of hydrogen-bond acceptors (Lipinski definition) is 2. The fourth-order valence-electron chi connectivity index (χ4n) is 2.59. The van der Waals surface area contributed by atoms with Crippen LogP contribution in [-0.2, 0) is 4.79 Å². The van der Waals surface area contributed by atoms with Crippen LogP contribution in [0.1, 0.15) is 37.7 Å². The van der Waals surface area contributed by atoms with E-state index in [9.17, 15) is 4.79 Å². The van der Waals surface area contributed by atoms with Crippen LogP contribution in [0, 0.1) is 6.92 Å². The molecule has 2 rings (SSSR count). The molecule has 1 aliphatic rings. The summed E-state index contributed by atoms with van der Waals surface area (Å²) in [5, 5.41) is 2.93. The number of nitrogens with two attached hydrogens (primary N) is 1. The Morgan fingerprint density at radius 2 is 2.06 bits per heavy atom. The molecular weight excluding hydrogens is 292 g/mol. The minimum atomic E-state index is -0.287. The Bertz CT molecular complexity index is 433. The molecule has 1 aromatic rings. The molecule has 4 heteroatoms. The van der Waals surface area contributed by atoms with E-state index in [2.05, 4.69) is 21.2 Å². The molecule has 0 unspecified atom stereocenters. The van der Waals surface area contributed by atoms with Crippen LogP contribution in [-0.4, -0.2) is 11.4 Å². The summed E-state index contributed by atoms with van der Waals surface area (Å²) in [6.07, 6.45) is 4.61. The van der Waals surface area contributed by atoms with E-state index in [1.54, 1.807) is 0 Å². The predicted octanol–water partition coefficient (Wildman–Crippen LogP) is 3.36. The highest BCUT2D eigenvalue weighted by Crippen LogP contribution is 2.30. The largest absolute Gasteiger partial charge is 0.326 e. The smallest absolute Gasteiger partial charge is 0.226 e. The number of nitrogens with one attached hydrogen (secondary N) is 1. The molecule has 0 aliphatic heterocycles. The topological polar surface area (TPSA) is 55.1 Å². The zero-order valence-electron chi connectivity index (χ0n) is 10.6. The number of carbonyl (C=O) groups excluding carboxylic acids is 1. The molecule has 3 N–H and O–H groups in total. The van der Waals surface area contributed by atoms with Gasteiger partial charge in [0.15, 0.2) is 0 Å². The predicted molar refractivity (Wildman–Crippen MR) is 77.5 cm³/mol. The first-order chi connectivity index (χ1) is 8.47. The molecule has 0 heterocycles. The average molecular weight is 311 g/mol. The van der Waals surface area contributed by atoms with Gasteiger partial charge in [0.25, 0.3) is 0 Å². The van der Waals surface area contributed by atoms with Gasteiger partial charge in [-0.05, 0) is 43.5 Å². The summed E-state index contributed by atoms with van der Waals surface area (Å²) in [4.78, 5) is 12.0. The fraction of sp³-hybridized carbons (Fsp3) is 0.500. The van der Waals surface area contributed by atoms with Crippen molar-refractivity contribution in [3.63, 3.8) is 0 Å². The van der Waals surface area contributed by atoms with E-state index in [-0.39, 0.29) is 11.4 Å². The van der Waals surface area contributed by atoms with Gasteiger partial charge in [0.2, 0.25) is 5.91 Å². The molecule has 1 aromatic carbocycles. The highest BCUT2D eigenvalue weighted by molar-refractivity contribution is 9.10. The molecule has 1 amide bonds. The maximum atomic E-state index is 12.0. The van der Waals surface area contributed by atoms with Gasteiger partial charge in [-0.3, -0.25) is 4.79 Å². The molecule has 1 aliphatic carbocycles. The van der Waals surface area contributed by atoms with Crippen molar-refractivity contribution in [1.29, 1.82) is 0 Å². The summed E-state index contributed by atoms with van der Waals surface area (Å²) in [6, 6.07) is 5.88. The molecule has 1 saturated carbocycles. The van der Waals surface area contributed by atoms with Crippen molar-refractivity contribution in [3.05, 3.63) is 28.2 Å². The van der Waals surface area contributed by atoms with Crippen molar-refractivity contribution in [2.24, 2.45) is 5.73 Å². The number of hydrogen-bond donors (Lipinski definition) is 2. The Morgan fingerprint density at radius 3 is 2.67 bits per heavy atom. The van der Waals surface area contributed by atoms with Gasteiger partial charge in [-0.2, -0.15) is 0 Å². The molecular formula is C14H19BrN2O. The van der Waals surface area contributed by atoms with Gasteiger partial charge >= 0.3 is 0 Å². The third-order valence-corrected chi connectivity index (χ3v) is 3.90. The van der Waals surface area contributed by atoms with Crippen molar-refractivity contribution in [1.82, 2.24) is 0 Å². The summed E-state index contributed by atoms with van der Waals surface area (Å²) in [5.74, 6) is 0.0110. The zero-order chi connectivity index (χ0) is 13.2. The molecule has 1 fully saturated rings. The second-order valence-electron chi connectivity index (χ2n) is 5.31. The minimum absolute atomic E-state index is 0.0110. The van der Waals surface area contributed by atoms with Crippen molar-refractivity contribution in [2.45, 2.75) is 44.6 Å². The fourth-order valence-corrected chi connectivity index (χ4v) is 3.20. The van der Waals surface area contributed by atoms with Crippen LogP contribution < -0.4 is 11.1 Å². The normalized spacial score (nSPS) is 17.7. The van der Waals surface area contributed by atoms with Gasteiger partial charge in [0.1, 0.15) is 0 Å². The Labute approximate surface area is 116 Å². The van der Waals surface area contributed by atoms with Crippen molar-refractivity contribution in [3.8, 4) is 0 Å². The third kappa shape index (κ3) is 3.56. The van der Waals surface area contributed by atoms with Crippen LogP contribution in [0.5, 0.6) is 0 Å². The van der Waals surface area contributed by atoms with E-state index >= 15 is 0 Å². The zero-order valence-corrected chi connectivity index (χ0v) is 12.2. The van der Waals surface area contributed by atoms with E-state index < -0.39 is 0 Å². The molecule has 18 heavy (non-hydrogen) atoms. The Hall–Kier alpha value is -0.870. The summed E-state index contributed by atoms with van der Waals surface area (Å²) in [7, 11) is 0. The van der Waals surface area contributed by atoms with Crippen LogP contribution in [0.15, 0.2) is 22.7 Å². The first-order valence-electron chi connectivity index (χ1n) is 6.33. The van der Waals surface area contributed by atoms with Crippen LogP contribution in [0.4, 0.5) is 5.69 Å². The Balaban J connectivity index is 1.98. The van der Waals surface area contributed by atoms with Gasteiger partial charge in [0.05, 0.1) is 0 Å². The van der Waals surface area contributed by atoms with E-state index in [1.165, 1.54) is 0 Å². The van der Waals surface area contributed by atoms with E-state index in [4.69, 9.17) is 5.73 Å². The number of aryl methyl sites for hydroxylation is 1. The lowest BCUT2D eigenvalue weighted by Gasteiger charge is -2.22. The lowest BCUT2D eigenvalue weighted by molar-refractivity contribution is -0.117. The quantitative estimate of drug-likeness (QED) is 0.899. The van der Waals surface area contributed by atoms with Crippen LogP contribution in [0.3, 0.4) is 0 Å². The number of amides is 1. The number of halogens is 1. The second-order valence-corrected chi connectivity index (χ2v) is 6.23. The molecule has 0 spiro atoms. The monoisotopic (exact) mass is 310 g/mol. The molecule has 0 bridgehead atoms.